The molecule has 0 aromatic heterocycles. The third kappa shape index (κ3) is 3.45. The van der Waals surface area contributed by atoms with Crippen molar-refractivity contribution in [3.05, 3.63) is 23.8 Å². The second-order valence-corrected chi connectivity index (χ2v) is 6.90. The first-order chi connectivity index (χ1) is 9.82. The zero-order chi connectivity index (χ0) is 15.6. The molecule has 0 bridgehead atoms. The highest BCUT2D eigenvalue weighted by Crippen LogP contribution is 2.26. The van der Waals surface area contributed by atoms with Crippen LogP contribution in [0, 0.1) is 0 Å². The number of nitrogen functional groups attached to an aromatic ring is 1. The summed E-state index contributed by atoms with van der Waals surface area (Å²) in [5.74, 6) is -0.435. The predicted octanol–water partition coefficient (Wildman–Crippen LogP) is 0.137. The van der Waals surface area contributed by atoms with E-state index in [1.807, 2.05) is 4.90 Å². The minimum atomic E-state index is -3.15. The van der Waals surface area contributed by atoms with Crippen LogP contribution in [0.5, 0.6) is 0 Å². The van der Waals surface area contributed by atoms with Gasteiger partial charge in [0.15, 0.2) is 0 Å². The van der Waals surface area contributed by atoms with Crippen molar-refractivity contribution in [2.75, 3.05) is 50.2 Å². The lowest BCUT2D eigenvalue weighted by molar-refractivity contribution is 0.0601. The van der Waals surface area contributed by atoms with E-state index in [0.717, 1.165) is 5.69 Å². The van der Waals surface area contributed by atoms with Crippen molar-refractivity contribution in [1.29, 1.82) is 0 Å². The van der Waals surface area contributed by atoms with Gasteiger partial charge in [-0.3, -0.25) is 0 Å². The highest BCUT2D eigenvalue weighted by Gasteiger charge is 2.24. The Morgan fingerprint density at radius 1 is 1.24 bits per heavy atom. The van der Waals surface area contributed by atoms with Crippen LogP contribution in [-0.4, -0.2) is 58.2 Å². The van der Waals surface area contributed by atoms with E-state index in [4.69, 9.17) is 5.73 Å². The van der Waals surface area contributed by atoms with E-state index in [1.54, 1.807) is 18.2 Å². The number of hydrogen-bond acceptors (Lipinski definition) is 6. The highest BCUT2D eigenvalue weighted by atomic mass is 32.2. The number of benzene rings is 1. The summed E-state index contributed by atoms with van der Waals surface area (Å²) in [7, 11) is -1.83. The molecule has 8 heteroatoms. The molecule has 1 heterocycles. The Bertz CT molecular complexity index is 637. The summed E-state index contributed by atoms with van der Waals surface area (Å²) in [4.78, 5) is 13.5. The predicted molar refractivity (Wildman–Crippen MR) is 80.8 cm³/mol. The van der Waals surface area contributed by atoms with E-state index in [-0.39, 0.29) is 0 Å². The van der Waals surface area contributed by atoms with Gasteiger partial charge in [0.2, 0.25) is 10.0 Å². The molecule has 21 heavy (non-hydrogen) atoms. The molecule has 0 saturated carbocycles. The third-order valence-electron chi connectivity index (χ3n) is 3.50. The Kier molecular flexibility index (Phi) is 4.38. The van der Waals surface area contributed by atoms with Crippen molar-refractivity contribution in [2.24, 2.45) is 0 Å². The molecule has 1 aliphatic heterocycles. The molecule has 116 valence electrons. The van der Waals surface area contributed by atoms with Crippen molar-refractivity contribution < 1.29 is 17.9 Å². The Balaban J connectivity index is 2.12. The molecule has 0 aliphatic carbocycles. The molecule has 1 aromatic rings. The largest absolute Gasteiger partial charge is 0.465 e. The second kappa shape index (κ2) is 5.90. The van der Waals surface area contributed by atoms with E-state index in [2.05, 4.69) is 4.74 Å². The fraction of sp³-hybridized carbons (Fsp3) is 0.462. The monoisotopic (exact) mass is 313 g/mol. The summed E-state index contributed by atoms with van der Waals surface area (Å²) in [6.45, 7) is 1.98. The number of hydrogen-bond donors (Lipinski definition) is 1. The summed E-state index contributed by atoms with van der Waals surface area (Å²) in [6.07, 6.45) is 1.21. The lowest BCUT2D eigenvalue weighted by atomic mass is 10.1. The molecule has 1 saturated heterocycles. The van der Waals surface area contributed by atoms with E-state index in [1.165, 1.54) is 17.7 Å². The third-order valence-corrected chi connectivity index (χ3v) is 4.80. The van der Waals surface area contributed by atoms with Crippen molar-refractivity contribution in [2.45, 2.75) is 0 Å². The van der Waals surface area contributed by atoms with Gasteiger partial charge in [-0.25, -0.2) is 13.2 Å². The van der Waals surface area contributed by atoms with Crippen LogP contribution in [0.2, 0.25) is 0 Å². The van der Waals surface area contributed by atoms with Gasteiger partial charge in [0.05, 0.1) is 30.3 Å². The fourth-order valence-electron chi connectivity index (χ4n) is 2.35. The Morgan fingerprint density at radius 3 is 2.33 bits per heavy atom. The zero-order valence-electron chi connectivity index (χ0n) is 12.1. The summed E-state index contributed by atoms with van der Waals surface area (Å²) < 4.78 is 29.1. The lowest BCUT2D eigenvalue weighted by Gasteiger charge is -2.35. The van der Waals surface area contributed by atoms with Crippen LogP contribution in [0.1, 0.15) is 10.4 Å². The number of nitrogens with zero attached hydrogens (tertiary/aromatic N) is 2. The molecule has 0 spiro atoms. The first kappa shape index (κ1) is 15.6. The molecule has 1 fully saturated rings. The topological polar surface area (TPSA) is 92.9 Å². The number of methoxy groups -OCH3 is 1. The molecule has 1 aromatic carbocycles. The van der Waals surface area contributed by atoms with Crippen molar-refractivity contribution in [1.82, 2.24) is 4.31 Å². The minimum Gasteiger partial charge on any atom is -0.465 e. The van der Waals surface area contributed by atoms with Gasteiger partial charge in [-0.1, -0.05) is 0 Å². The number of rotatable bonds is 3. The normalized spacial score (nSPS) is 16.8. The molecule has 0 amide bonds. The molecule has 2 rings (SSSR count). The van der Waals surface area contributed by atoms with E-state index in [0.29, 0.717) is 37.4 Å². The maximum absolute atomic E-state index is 11.5. The molecule has 0 radical (unpaired) electrons. The first-order valence-corrected chi connectivity index (χ1v) is 8.35. The average molecular weight is 313 g/mol. The van der Waals surface area contributed by atoms with E-state index >= 15 is 0 Å². The number of sulfonamides is 1. The number of carbonyl (C=O) groups excluding carboxylic acids is 1. The Labute approximate surface area is 124 Å². The van der Waals surface area contributed by atoms with Gasteiger partial charge in [-0.2, -0.15) is 4.31 Å². The zero-order valence-corrected chi connectivity index (χ0v) is 12.9. The Morgan fingerprint density at radius 2 is 1.86 bits per heavy atom. The summed E-state index contributed by atoms with van der Waals surface area (Å²) in [5.41, 5.74) is 7.66. The second-order valence-electron chi connectivity index (χ2n) is 4.91. The maximum Gasteiger partial charge on any atom is 0.337 e. The van der Waals surface area contributed by atoms with Crippen molar-refractivity contribution >= 4 is 27.4 Å². The van der Waals surface area contributed by atoms with Crippen molar-refractivity contribution in [3.63, 3.8) is 0 Å². The quantitative estimate of drug-likeness (QED) is 0.630. The average Bonchev–Trinajstić information content (AvgIpc) is 2.45. The lowest BCUT2D eigenvalue weighted by Crippen LogP contribution is -2.48. The number of carbonyl (C=O) groups is 1. The number of anilines is 2. The van der Waals surface area contributed by atoms with Crippen LogP contribution in [0.25, 0.3) is 0 Å². The van der Waals surface area contributed by atoms with Crippen molar-refractivity contribution in [3.8, 4) is 0 Å². The number of piperazine rings is 1. The summed E-state index contributed by atoms with van der Waals surface area (Å²) >= 11 is 0. The van der Waals surface area contributed by atoms with Crippen LogP contribution in [0.3, 0.4) is 0 Å². The first-order valence-electron chi connectivity index (χ1n) is 6.51. The SMILES string of the molecule is COC(=O)c1ccc(N2CCN(S(C)(=O)=O)CC2)c(N)c1. The summed E-state index contributed by atoms with van der Waals surface area (Å²) in [6, 6.07) is 4.99. The number of ether oxygens (including phenoxy) is 1. The molecule has 2 N–H and O–H groups in total. The number of esters is 1. The van der Waals surface area contributed by atoms with E-state index in [9.17, 15) is 13.2 Å². The van der Waals surface area contributed by atoms with Crippen LogP contribution in [-0.2, 0) is 14.8 Å². The standard InChI is InChI=1S/C13H19N3O4S/c1-20-13(17)10-3-4-12(11(14)9-10)15-5-7-16(8-6-15)21(2,18)19/h3-4,9H,5-8,14H2,1-2H3. The molecule has 0 atom stereocenters. The Hall–Kier alpha value is -1.80. The molecular formula is C13H19N3O4S. The molecule has 0 unspecified atom stereocenters. The van der Waals surface area contributed by atoms with Gasteiger partial charge in [-0.05, 0) is 18.2 Å². The van der Waals surface area contributed by atoms with Gasteiger partial charge >= 0.3 is 5.97 Å². The van der Waals surface area contributed by atoms with Crippen LogP contribution in [0.15, 0.2) is 18.2 Å². The smallest absolute Gasteiger partial charge is 0.337 e. The van der Waals surface area contributed by atoms with Gasteiger partial charge in [0.1, 0.15) is 0 Å². The molecular weight excluding hydrogens is 294 g/mol. The van der Waals surface area contributed by atoms with Gasteiger partial charge in [-0.15, -0.1) is 0 Å². The fourth-order valence-corrected chi connectivity index (χ4v) is 3.17. The molecule has 1 aliphatic rings. The molecule has 7 nitrogen and oxygen atoms in total. The van der Waals surface area contributed by atoms with Crippen LogP contribution >= 0.6 is 0 Å². The van der Waals surface area contributed by atoms with E-state index < -0.39 is 16.0 Å². The van der Waals surface area contributed by atoms with Crippen LogP contribution in [0.4, 0.5) is 11.4 Å². The van der Waals surface area contributed by atoms with Gasteiger partial charge < -0.3 is 15.4 Å². The minimum absolute atomic E-state index is 0.397. The summed E-state index contributed by atoms with van der Waals surface area (Å²) in [5, 5.41) is 0. The highest BCUT2D eigenvalue weighted by molar-refractivity contribution is 7.88. The van der Waals surface area contributed by atoms with Gasteiger partial charge in [0, 0.05) is 26.2 Å². The van der Waals surface area contributed by atoms with Crippen LogP contribution < -0.4 is 10.6 Å². The number of nitrogens with two attached hydrogens (primary N) is 1. The maximum atomic E-state index is 11.5. The van der Waals surface area contributed by atoms with Gasteiger partial charge in [0.25, 0.3) is 0 Å².